The second-order valence-electron chi connectivity index (χ2n) is 5.26. The number of hydrogen-bond donors (Lipinski definition) is 1. The van der Waals surface area contributed by atoms with Crippen LogP contribution in [0, 0.1) is 11.8 Å². The van der Waals surface area contributed by atoms with Crippen molar-refractivity contribution in [1.82, 2.24) is 0 Å². The average Bonchev–Trinajstić information content (AvgIpc) is 2.35. The molecule has 1 aromatic carbocycles. The summed E-state index contributed by atoms with van der Waals surface area (Å²) in [5, 5.41) is 9.24. The van der Waals surface area contributed by atoms with Gasteiger partial charge in [0, 0.05) is 5.92 Å². The van der Waals surface area contributed by atoms with E-state index >= 15 is 0 Å². The summed E-state index contributed by atoms with van der Waals surface area (Å²) >= 11 is 0. The molecule has 18 heavy (non-hydrogen) atoms. The largest absolute Gasteiger partial charge is 0.493 e. The fraction of sp³-hybridized carbons (Fsp3) is 0.562. The van der Waals surface area contributed by atoms with E-state index in [1.165, 1.54) is 5.56 Å². The standard InChI is InChI=1S/C16H25O2/c1-5-6-14-7-15(13(4)10-17)9-16(8-14)18-11-12(2)3/h7-9,12,17H,5-6,10-11H2,1-4H3. The summed E-state index contributed by atoms with van der Waals surface area (Å²) in [6, 6.07) is 6.28. The molecule has 0 unspecified atom stereocenters. The molecule has 0 spiro atoms. The van der Waals surface area contributed by atoms with Gasteiger partial charge in [-0.15, -0.1) is 0 Å². The van der Waals surface area contributed by atoms with E-state index in [9.17, 15) is 5.11 Å². The van der Waals surface area contributed by atoms with E-state index in [-0.39, 0.29) is 6.61 Å². The van der Waals surface area contributed by atoms with Crippen molar-refractivity contribution in [2.45, 2.75) is 40.5 Å². The lowest BCUT2D eigenvalue weighted by Crippen LogP contribution is -2.07. The van der Waals surface area contributed by atoms with E-state index < -0.39 is 0 Å². The number of ether oxygens (including phenoxy) is 1. The Morgan fingerprint density at radius 2 is 2.00 bits per heavy atom. The number of hydrogen-bond acceptors (Lipinski definition) is 2. The molecule has 0 aliphatic rings. The molecular weight excluding hydrogens is 224 g/mol. The summed E-state index contributed by atoms with van der Waals surface area (Å²) in [7, 11) is 0. The first kappa shape index (κ1) is 15.0. The number of aliphatic hydroxyl groups is 1. The number of aliphatic hydroxyl groups excluding tert-OH is 1. The van der Waals surface area contributed by atoms with Crippen LogP contribution in [0.3, 0.4) is 0 Å². The van der Waals surface area contributed by atoms with E-state index in [4.69, 9.17) is 4.74 Å². The molecule has 2 heteroatoms. The lowest BCUT2D eigenvalue weighted by atomic mass is 9.98. The highest BCUT2D eigenvalue weighted by molar-refractivity contribution is 5.41. The molecule has 101 valence electrons. The van der Waals surface area contributed by atoms with Gasteiger partial charge in [0.05, 0.1) is 13.2 Å². The van der Waals surface area contributed by atoms with Gasteiger partial charge < -0.3 is 9.84 Å². The van der Waals surface area contributed by atoms with Crippen LogP contribution in [0.2, 0.25) is 0 Å². The molecule has 1 aromatic rings. The van der Waals surface area contributed by atoms with Crippen molar-refractivity contribution in [3.8, 4) is 5.75 Å². The Morgan fingerprint density at radius 3 is 2.56 bits per heavy atom. The highest BCUT2D eigenvalue weighted by atomic mass is 16.5. The molecule has 1 N–H and O–H groups in total. The van der Waals surface area contributed by atoms with Gasteiger partial charge in [-0.2, -0.15) is 0 Å². The van der Waals surface area contributed by atoms with Gasteiger partial charge in [0.2, 0.25) is 0 Å². The predicted octanol–water partition coefficient (Wildman–Crippen LogP) is 3.61. The summed E-state index contributed by atoms with van der Waals surface area (Å²) in [6.07, 6.45) is 2.16. The minimum absolute atomic E-state index is 0.0964. The highest BCUT2D eigenvalue weighted by Crippen LogP contribution is 2.24. The smallest absolute Gasteiger partial charge is 0.119 e. The van der Waals surface area contributed by atoms with Crippen molar-refractivity contribution in [2.24, 2.45) is 5.92 Å². The summed E-state index contributed by atoms with van der Waals surface area (Å²) in [4.78, 5) is 0. The molecule has 0 saturated carbocycles. The Labute approximate surface area is 111 Å². The molecule has 0 aromatic heterocycles. The molecular formula is C16H25O2. The van der Waals surface area contributed by atoms with Gasteiger partial charge >= 0.3 is 0 Å². The first-order chi connectivity index (χ1) is 8.56. The van der Waals surface area contributed by atoms with Crippen LogP contribution >= 0.6 is 0 Å². The Bertz CT molecular complexity index is 358. The van der Waals surface area contributed by atoms with Crippen molar-refractivity contribution < 1.29 is 9.84 Å². The van der Waals surface area contributed by atoms with E-state index in [2.05, 4.69) is 32.9 Å². The van der Waals surface area contributed by atoms with Crippen molar-refractivity contribution >= 4 is 0 Å². The fourth-order valence-electron chi connectivity index (χ4n) is 1.78. The van der Waals surface area contributed by atoms with Crippen molar-refractivity contribution in [1.29, 1.82) is 0 Å². The molecule has 2 nitrogen and oxygen atoms in total. The number of rotatable bonds is 7. The van der Waals surface area contributed by atoms with Crippen molar-refractivity contribution in [3.05, 3.63) is 35.2 Å². The van der Waals surface area contributed by atoms with E-state index in [0.717, 1.165) is 36.7 Å². The molecule has 0 atom stereocenters. The van der Waals surface area contributed by atoms with Gasteiger partial charge in [0.15, 0.2) is 0 Å². The molecule has 0 saturated heterocycles. The van der Waals surface area contributed by atoms with Crippen LogP contribution in [-0.2, 0) is 6.42 Å². The second kappa shape index (κ2) is 7.42. The third-order valence-electron chi connectivity index (χ3n) is 2.82. The van der Waals surface area contributed by atoms with Gasteiger partial charge in [-0.25, -0.2) is 0 Å². The van der Waals surface area contributed by atoms with Gasteiger partial charge in [-0.05, 0) is 35.6 Å². The molecule has 0 bridgehead atoms. The van der Waals surface area contributed by atoms with Gasteiger partial charge in [0.1, 0.15) is 5.75 Å². The van der Waals surface area contributed by atoms with E-state index in [0.29, 0.717) is 5.92 Å². The van der Waals surface area contributed by atoms with Crippen LogP contribution in [-0.4, -0.2) is 18.3 Å². The topological polar surface area (TPSA) is 29.5 Å². The molecule has 0 aliphatic heterocycles. The van der Waals surface area contributed by atoms with E-state index in [1.807, 2.05) is 13.0 Å². The lowest BCUT2D eigenvalue weighted by molar-refractivity contribution is 0.270. The monoisotopic (exact) mass is 249 g/mol. The zero-order valence-electron chi connectivity index (χ0n) is 12.0. The van der Waals surface area contributed by atoms with Gasteiger partial charge in [-0.1, -0.05) is 40.2 Å². The summed E-state index contributed by atoms with van der Waals surface area (Å²) in [5.74, 6) is 2.42. The van der Waals surface area contributed by atoms with Crippen molar-refractivity contribution in [3.63, 3.8) is 0 Å². The number of aryl methyl sites for hydroxylation is 1. The molecule has 0 amide bonds. The zero-order valence-corrected chi connectivity index (χ0v) is 12.0. The van der Waals surface area contributed by atoms with Crippen molar-refractivity contribution in [2.75, 3.05) is 13.2 Å². The predicted molar refractivity (Wildman–Crippen MR) is 75.9 cm³/mol. The first-order valence-corrected chi connectivity index (χ1v) is 6.77. The summed E-state index contributed by atoms with van der Waals surface area (Å²) in [6.45, 7) is 9.23. The lowest BCUT2D eigenvalue weighted by Gasteiger charge is -2.15. The summed E-state index contributed by atoms with van der Waals surface area (Å²) < 4.78 is 5.79. The zero-order chi connectivity index (χ0) is 13.5. The highest BCUT2D eigenvalue weighted by Gasteiger charge is 2.09. The van der Waals surface area contributed by atoms with Gasteiger partial charge in [-0.3, -0.25) is 0 Å². The molecule has 0 heterocycles. The Morgan fingerprint density at radius 1 is 1.28 bits per heavy atom. The van der Waals surface area contributed by atoms with Crippen LogP contribution < -0.4 is 4.74 Å². The Hall–Kier alpha value is -1.02. The second-order valence-corrected chi connectivity index (χ2v) is 5.26. The third-order valence-corrected chi connectivity index (χ3v) is 2.82. The third kappa shape index (κ3) is 4.69. The molecule has 0 fully saturated rings. The van der Waals surface area contributed by atoms with Crippen LogP contribution in [0.5, 0.6) is 5.75 Å². The van der Waals surface area contributed by atoms with Crippen LogP contribution in [0.15, 0.2) is 18.2 Å². The van der Waals surface area contributed by atoms with E-state index in [1.54, 1.807) is 0 Å². The minimum Gasteiger partial charge on any atom is -0.493 e. The quantitative estimate of drug-likeness (QED) is 0.800. The SMILES string of the molecule is CCCc1cc(OCC(C)C)cc([C](C)CO)c1. The normalized spacial score (nSPS) is 11.3. The maximum absolute atomic E-state index is 9.24. The molecule has 1 radical (unpaired) electrons. The Balaban J connectivity index is 2.90. The maximum Gasteiger partial charge on any atom is 0.119 e. The minimum atomic E-state index is 0.0964. The van der Waals surface area contributed by atoms with Gasteiger partial charge in [0.25, 0.3) is 0 Å². The first-order valence-electron chi connectivity index (χ1n) is 6.77. The molecule has 1 rings (SSSR count). The summed E-state index contributed by atoms with van der Waals surface area (Å²) in [5.41, 5.74) is 2.36. The molecule has 0 aliphatic carbocycles. The number of benzene rings is 1. The van der Waals surface area contributed by atoms with Crippen LogP contribution in [0.4, 0.5) is 0 Å². The van der Waals surface area contributed by atoms with Crippen LogP contribution in [0.25, 0.3) is 0 Å². The maximum atomic E-state index is 9.24. The fourth-order valence-corrected chi connectivity index (χ4v) is 1.78. The average molecular weight is 249 g/mol. The Kier molecular flexibility index (Phi) is 6.20. The van der Waals surface area contributed by atoms with Crippen LogP contribution in [0.1, 0.15) is 45.2 Å².